The van der Waals surface area contributed by atoms with Gasteiger partial charge in [-0.1, -0.05) is 127 Å². The first-order valence-electron chi connectivity index (χ1n) is 16.8. The average molecular weight is 660 g/mol. The van der Waals surface area contributed by atoms with Crippen LogP contribution in [0, 0.1) is 0 Å². The fourth-order valence-electron chi connectivity index (χ4n) is 6.98. The molecular weight excluding hydrogens is 631 g/mol. The number of benzene rings is 7. The number of hydrogen-bond donors (Lipinski definition) is 1. The first kappa shape index (κ1) is 28.7. The van der Waals surface area contributed by atoms with E-state index in [1.807, 2.05) is 47.7 Å². The molecule has 236 valence electrons. The number of para-hydroxylation sites is 1. The van der Waals surface area contributed by atoms with Crippen LogP contribution in [0.2, 0.25) is 0 Å². The number of furan rings is 1. The first-order chi connectivity index (χ1) is 24.7. The quantitative estimate of drug-likeness (QED) is 0.200. The van der Waals surface area contributed by atoms with Gasteiger partial charge >= 0.3 is 0 Å². The molecule has 1 aliphatic rings. The van der Waals surface area contributed by atoms with Crippen molar-refractivity contribution in [1.82, 2.24) is 5.32 Å². The number of nitrogens with one attached hydrogen (secondary N) is 1. The largest absolute Gasteiger partial charge is 0.456 e. The zero-order valence-corrected chi connectivity index (χ0v) is 27.7. The summed E-state index contributed by atoms with van der Waals surface area (Å²) in [6.45, 7) is 0. The fraction of sp³-hybridized carbons (Fsp3) is 0.0222. The lowest BCUT2D eigenvalue weighted by Crippen LogP contribution is -2.33. The number of aliphatic imine (C=N–C) groups is 2. The molecule has 5 heteroatoms. The van der Waals surface area contributed by atoms with E-state index in [1.165, 1.54) is 42.4 Å². The zero-order chi connectivity index (χ0) is 33.0. The van der Waals surface area contributed by atoms with Gasteiger partial charge in [-0.25, -0.2) is 9.98 Å². The van der Waals surface area contributed by atoms with Crippen LogP contribution < -0.4 is 5.32 Å². The SMILES string of the molecule is c1ccc(C2=NC(c3ccccc3)NC(c3ccc4c(c3)sc3ccc(-c5ccc(-c6ccc7oc8ccccc8c7c6)cc5)cc34)=N2)cc1. The highest BCUT2D eigenvalue weighted by atomic mass is 32.1. The lowest BCUT2D eigenvalue weighted by Gasteiger charge is -2.23. The molecule has 0 saturated carbocycles. The summed E-state index contributed by atoms with van der Waals surface area (Å²) in [6.07, 6.45) is -0.223. The Morgan fingerprint density at radius 2 is 1.10 bits per heavy atom. The first-order valence-corrected chi connectivity index (χ1v) is 17.6. The second kappa shape index (κ2) is 11.7. The van der Waals surface area contributed by atoms with Crippen LogP contribution in [0.4, 0.5) is 0 Å². The van der Waals surface area contributed by atoms with Gasteiger partial charge < -0.3 is 9.73 Å². The van der Waals surface area contributed by atoms with Crippen LogP contribution in [0.25, 0.3) is 64.4 Å². The molecule has 0 aliphatic carbocycles. The molecule has 7 aromatic carbocycles. The van der Waals surface area contributed by atoms with Crippen molar-refractivity contribution in [3.8, 4) is 22.3 Å². The number of nitrogens with zero attached hydrogens (tertiary/aromatic N) is 2. The van der Waals surface area contributed by atoms with Gasteiger partial charge in [0.1, 0.15) is 23.2 Å². The third-order valence-electron chi connectivity index (χ3n) is 9.56. The highest BCUT2D eigenvalue weighted by Gasteiger charge is 2.21. The molecule has 4 nitrogen and oxygen atoms in total. The van der Waals surface area contributed by atoms with Gasteiger partial charge in [0, 0.05) is 42.1 Å². The second-order valence-corrected chi connectivity index (χ2v) is 13.7. The van der Waals surface area contributed by atoms with E-state index in [0.29, 0.717) is 0 Å². The molecule has 3 heterocycles. The van der Waals surface area contributed by atoms with Crippen LogP contribution in [-0.4, -0.2) is 11.7 Å². The molecule has 10 rings (SSSR count). The van der Waals surface area contributed by atoms with Crippen LogP contribution in [0.15, 0.2) is 178 Å². The minimum absolute atomic E-state index is 0.223. The monoisotopic (exact) mass is 659 g/mol. The Morgan fingerprint density at radius 3 is 1.90 bits per heavy atom. The van der Waals surface area contributed by atoms with Crippen molar-refractivity contribution in [2.45, 2.75) is 6.17 Å². The number of hydrogen-bond acceptors (Lipinski definition) is 5. The van der Waals surface area contributed by atoms with Gasteiger partial charge in [0.15, 0.2) is 5.84 Å². The molecule has 1 N–H and O–H groups in total. The molecular formula is C45H29N3OS. The smallest absolute Gasteiger partial charge is 0.159 e. The van der Waals surface area contributed by atoms with Gasteiger partial charge in [0.25, 0.3) is 0 Å². The minimum Gasteiger partial charge on any atom is -0.456 e. The molecule has 0 amide bonds. The van der Waals surface area contributed by atoms with Gasteiger partial charge in [-0.2, -0.15) is 0 Å². The van der Waals surface area contributed by atoms with E-state index < -0.39 is 0 Å². The normalized spacial score (nSPS) is 14.6. The number of rotatable bonds is 5. The van der Waals surface area contributed by atoms with Gasteiger partial charge in [0.2, 0.25) is 0 Å². The third kappa shape index (κ3) is 4.99. The standard InChI is InChI=1S/C45H29N3OS/c1-3-9-30(10-4-1)43-46-44(31-11-5-2-6-12-31)48-45(47-43)34-19-22-36-38-26-33(21-24-41(38)50-42(36)27-34)29-17-15-28(16-18-29)32-20-23-40-37(25-32)35-13-7-8-14-39(35)49-40/h1-27,43H,(H,46,47,48). The van der Waals surface area contributed by atoms with Crippen molar-refractivity contribution in [3.05, 3.63) is 180 Å². The Labute approximate surface area is 292 Å². The minimum atomic E-state index is -0.223. The van der Waals surface area contributed by atoms with Crippen molar-refractivity contribution in [2.75, 3.05) is 0 Å². The van der Waals surface area contributed by atoms with E-state index >= 15 is 0 Å². The zero-order valence-electron chi connectivity index (χ0n) is 26.9. The van der Waals surface area contributed by atoms with Crippen molar-refractivity contribution >= 4 is 65.1 Å². The van der Waals surface area contributed by atoms with Gasteiger partial charge in [0.05, 0.1) is 0 Å². The molecule has 0 radical (unpaired) electrons. The predicted octanol–water partition coefficient (Wildman–Crippen LogP) is 11.8. The maximum Gasteiger partial charge on any atom is 0.159 e. The molecule has 2 aromatic heterocycles. The van der Waals surface area contributed by atoms with Gasteiger partial charge in [-0.3, -0.25) is 0 Å². The maximum absolute atomic E-state index is 6.05. The highest BCUT2D eigenvalue weighted by Crippen LogP contribution is 2.38. The van der Waals surface area contributed by atoms with Crippen molar-refractivity contribution in [1.29, 1.82) is 0 Å². The molecule has 50 heavy (non-hydrogen) atoms. The molecule has 1 aliphatic heterocycles. The predicted molar refractivity (Wildman–Crippen MR) is 209 cm³/mol. The Morgan fingerprint density at radius 1 is 0.460 bits per heavy atom. The van der Waals surface area contributed by atoms with E-state index in [1.54, 1.807) is 0 Å². The molecule has 9 aromatic rings. The van der Waals surface area contributed by atoms with Crippen molar-refractivity contribution in [3.63, 3.8) is 0 Å². The van der Waals surface area contributed by atoms with E-state index in [9.17, 15) is 0 Å². The van der Waals surface area contributed by atoms with Gasteiger partial charge in [-0.15, -0.1) is 11.3 Å². The summed E-state index contributed by atoms with van der Waals surface area (Å²) in [6, 6.07) is 57.6. The van der Waals surface area contributed by atoms with E-state index in [-0.39, 0.29) is 6.17 Å². The number of thiophene rings is 1. The Bertz CT molecular complexity index is 2780. The van der Waals surface area contributed by atoms with Gasteiger partial charge in [-0.05, 0) is 64.2 Å². The average Bonchev–Trinajstić information content (AvgIpc) is 3.75. The summed E-state index contributed by atoms with van der Waals surface area (Å²) in [7, 11) is 0. The van der Waals surface area contributed by atoms with Crippen LogP contribution in [0.3, 0.4) is 0 Å². The van der Waals surface area contributed by atoms with E-state index in [2.05, 4.69) is 133 Å². The summed E-state index contributed by atoms with van der Waals surface area (Å²) in [5.41, 5.74) is 9.76. The highest BCUT2D eigenvalue weighted by molar-refractivity contribution is 7.25. The lowest BCUT2D eigenvalue weighted by atomic mass is 9.98. The summed E-state index contributed by atoms with van der Waals surface area (Å²) in [4.78, 5) is 10.0. The maximum atomic E-state index is 6.05. The Hall–Kier alpha value is -6.30. The lowest BCUT2D eigenvalue weighted by molar-refractivity contribution is 0.669. The molecule has 0 bridgehead atoms. The Balaban J connectivity index is 0.975. The van der Waals surface area contributed by atoms with Crippen LogP contribution in [0.1, 0.15) is 22.9 Å². The van der Waals surface area contributed by atoms with Crippen molar-refractivity contribution in [2.24, 2.45) is 9.98 Å². The number of amidine groups is 2. The third-order valence-corrected chi connectivity index (χ3v) is 10.7. The van der Waals surface area contributed by atoms with Crippen LogP contribution in [-0.2, 0) is 0 Å². The van der Waals surface area contributed by atoms with E-state index in [4.69, 9.17) is 14.4 Å². The molecule has 0 fully saturated rings. The van der Waals surface area contributed by atoms with Crippen molar-refractivity contribution < 1.29 is 4.42 Å². The summed E-state index contributed by atoms with van der Waals surface area (Å²) < 4.78 is 8.55. The Kier molecular flexibility index (Phi) is 6.71. The summed E-state index contributed by atoms with van der Waals surface area (Å²) in [5, 5.41) is 8.42. The summed E-state index contributed by atoms with van der Waals surface area (Å²) in [5.74, 6) is 1.56. The van der Waals surface area contributed by atoms with Crippen LogP contribution in [0.5, 0.6) is 0 Å². The summed E-state index contributed by atoms with van der Waals surface area (Å²) >= 11 is 1.82. The molecule has 1 unspecified atom stereocenters. The fourth-order valence-corrected chi connectivity index (χ4v) is 8.11. The number of fused-ring (bicyclic) bond motifs is 6. The molecule has 1 atom stereocenters. The second-order valence-electron chi connectivity index (χ2n) is 12.6. The topological polar surface area (TPSA) is 49.9 Å². The molecule has 0 spiro atoms. The van der Waals surface area contributed by atoms with Crippen LogP contribution >= 0.6 is 11.3 Å². The van der Waals surface area contributed by atoms with E-state index in [0.717, 1.165) is 50.3 Å². The molecule has 0 saturated heterocycles.